The topological polar surface area (TPSA) is 63.0 Å². The first kappa shape index (κ1) is 22.4. The predicted octanol–water partition coefficient (Wildman–Crippen LogP) is 4.10. The van der Waals surface area contributed by atoms with E-state index in [4.69, 9.17) is 20.8 Å². The normalized spacial score (nSPS) is 14.7. The summed E-state index contributed by atoms with van der Waals surface area (Å²) in [5, 5.41) is 0.599. The molecule has 1 amide bonds. The van der Waals surface area contributed by atoms with Crippen molar-refractivity contribution in [1.29, 1.82) is 0 Å². The first-order chi connectivity index (χ1) is 14.6. The highest BCUT2D eigenvalue weighted by atomic mass is 35.5. The van der Waals surface area contributed by atoms with Gasteiger partial charge >= 0.3 is 0 Å². The van der Waals surface area contributed by atoms with Crippen LogP contribution >= 0.6 is 11.6 Å². The third-order valence-electron chi connectivity index (χ3n) is 5.29. The van der Waals surface area contributed by atoms with Gasteiger partial charge in [-0.3, -0.25) is 14.5 Å². The number of amides is 1. The van der Waals surface area contributed by atoms with Gasteiger partial charge in [-0.05, 0) is 12.5 Å². The van der Waals surface area contributed by atoms with Crippen molar-refractivity contribution in [2.45, 2.75) is 45.8 Å². The molecule has 7 heteroatoms. The van der Waals surface area contributed by atoms with Crippen LogP contribution in [-0.2, 0) is 17.9 Å². The van der Waals surface area contributed by atoms with Crippen molar-refractivity contribution in [2.24, 2.45) is 0 Å². The Hall–Kier alpha value is -2.31. The van der Waals surface area contributed by atoms with Crippen molar-refractivity contribution in [2.75, 3.05) is 26.2 Å². The van der Waals surface area contributed by atoms with Crippen LogP contribution in [0.3, 0.4) is 0 Å². The highest BCUT2D eigenvalue weighted by Crippen LogP contribution is 2.17. The summed E-state index contributed by atoms with van der Waals surface area (Å²) >= 11 is 6.11. The summed E-state index contributed by atoms with van der Waals surface area (Å²) in [6.45, 7) is 5.86. The van der Waals surface area contributed by atoms with Crippen LogP contribution in [0.5, 0.6) is 5.75 Å². The van der Waals surface area contributed by atoms with Crippen molar-refractivity contribution in [3.8, 4) is 5.75 Å². The molecule has 1 aliphatic rings. The molecule has 1 aromatic heterocycles. The number of carbonyl (C=O) groups excluding carboxylic acids is 1. The number of piperazine rings is 1. The van der Waals surface area contributed by atoms with E-state index in [0.29, 0.717) is 36.8 Å². The zero-order valence-electron chi connectivity index (χ0n) is 17.4. The summed E-state index contributed by atoms with van der Waals surface area (Å²) in [6.07, 6.45) is 5.19. The molecule has 6 nitrogen and oxygen atoms in total. The van der Waals surface area contributed by atoms with Crippen LogP contribution in [0.4, 0.5) is 0 Å². The SMILES string of the molecule is CCCCCC(=O)N1CCN(Cc2cc(=O)c(OCc3ccccc3Cl)co2)CC1. The number of halogens is 1. The van der Waals surface area contributed by atoms with Gasteiger partial charge in [-0.2, -0.15) is 0 Å². The number of benzene rings is 1. The van der Waals surface area contributed by atoms with Gasteiger partial charge in [0.1, 0.15) is 18.6 Å². The summed E-state index contributed by atoms with van der Waals surface area (Å²) in [7, 11) is 0. The van der Waals surface area contributed by atoms with Crippen molar-refractivity contribution >= 4 is 17.5 Å². The van der Waals surface area contributed by atoms with Gasteiger partial charge in [-0.15, -0.1) is 0 Å². The van der Waals surface area contributed by atoms with Crippen LogP contribution in [0.25, 0.3) is 0 Å². The average Bonchev–Trinajstić information content (AvgIpc) is 2.75. The Labute approximate surface area is 182 Å². The standard InChI is InChI=1S/C23H29ClN2O4/c1-2-3-4-9-23(28)26-12-10-25(11-13-26)15-19-14-21(27)22(17-29-19)30-16-18-7-5-6-8-20(18)24/h5-8,14,17H,2-4,9-13,15-16H2,1H3. The van der Waals surface area contributed by atoms with Crippen LogP contribution in [0, 0.1) is 0 Å². The van der Waals surface area contributed by atoms with Crippen molar-refractivity contribution in [3.63, 3.8) is 0 Å². The molecular weight excluding hydrogens is 404 g/mol. The van der Waals surface area contributed by atoms with Crippen LogP contribution in [0.15, 0.2) is 45.8 Å². The summed E-state index contributed by atoms with van der Waals surface area (Å²) < 4.78 is 11.2. The van der Waals surface area contributed by atoms with E-state index in [-0.39, 0.29) is 23.7 Å². The Balaban J connectivity index is 1.47. The van der Waals surface area contributed by atoms with Gasteiger partial charge in [-0.25, -0.2) is 0 Å². The minimum Gasteiger partial charge on any atom is -0.482 e. The van der Waals surface area contributed by atoms with Gasteiger partial charge in [0.05, 0.1) is 6.54 Å². The van der Waals surface area contributed by atoms with Crippen molar-refractivity contribution in [1.82, 2.24) is 9.80 Å². The predicted molar refractivity (Wildman–Crippen MR) is 117 cm³/mol. The van der Waals surface area contributed by atoms with Crippen LogP contribution in [0.1, 0.15) is 43.9 Å². The van der Waals surface area contributed by atoms with Crippen molar-refractivity contribution in [3.05, 3.63) is 63.2 Å². The molecule has 0 N–H and O–H groups in total. The fourth-order valence-corrected chi connectivity index (χ4v) is 3.65. The lowest BCUT2D eigenvalue weighted by molar-refractivity contribution is -0.133. The van der Waals surface area contributed by atoms with E-state index in [9.17, 15) is 9.59 Å². The second-order valence-electron chi connectivity index (χ2n) is 7.57. The number of rotatable bonds is 9. The van der Waals surface area contributed by atoms with Gasteiger partial charge in [0.2, 0.25) is 17.1 Å². The summed E-state index contributed by atoms with van der Waals surface area (Å²) in [6, 6.07) is 8.83. The molecule has 1 fully saturated rings. The molecule has 0 atom stereocenters. The molecule has 2 aromatic rings. The van der Waals surface area contributed by atoms with Crippen LogP contribution in [-0.4, -0.2) is 41.9 Å². The second kappa shape index (κ2) is 11.2. The van der Waals surface area contributed by atoms with Gasteiger partial charge < -0.3 is 14.1 Å². The monoisotopic (exact) mass is 432 g/mol. The fourth-order valence-electron chi connectivity index (χ4n) is 3.46. The van der Waals surface area contributed by atoms with E-state index >= 15 is 0 Å². The zero-order chi connectivity index (χ0) is 21.3. The van der Waals surface area contributed by atoms with Gasteiger partial charge in [-0.1, -0.05) is 49.6 Å². The highest BCUT2D eigenvalue weighted by Gasteiger charge is 2.21. The third kappa shape index (κ3) is 6.34. The lowest BCUT2D eigenvalue weighted by Crippen LogP contribution is -2.48. The Kier molecular flexibility index (Phi) is 8.34. The Morgan fingerprint density at radius 2 is 1.93 bits per heavy atom. The summed E-state index contributed by atoms with van der Waals surface area (Å²) in [5.41, 5.74) is 0.595. The molecule has 0 aliphatic carbocycles. The van der Waals surface area contributed by atoms with Gasteiger partial charge in [0, 0.05) is 49.3 Å². The highest BCUT2D eigenvalue weighted by molar-refractivity contribution is 6.31. The number of ether oxygens (including phenoxy) is 1. The zero-order valence-corrected chi connectivity index (χ0v) is 18.2. The van der Waals surface area contributed by atoms with E-state index in [1.165, 1.54) is 12.3 Å². The second-order valence-corrected chi connectivity index (χ2v) is 7.98. The molecule has 3 rings (SSSR count). The number of nitrogens with zero attached hydrogens (tertiary/aromatic N) is 2. The first-order valence-corrected chi connectivity index (χ1v) is 10.9. The lowest BCUT2D eigenvalue weighted by Gasteiger charge is -2.34. The third-order valence-corrected chi connectivity index (χ3v) is 5.66. The van der Waals surface area contributed by atoms with E-state index in [0.717, 1.165) is 37.9 Å². The molecule has 30 heavy (non-hydrogen) atoms. The molecule has 0 unspecified atom stereocenters. The first-order valence-electron chi connectivity index (χ1n) is 10.5. The van der Waals surface area contributed by atoms with Gasteiger partial charge in [0.15, 0.2) is 0 Å². The largest absolute Gasteiger partial charge is 0.482 e. The number of hydrogen-bond acceptors (Lipinski definition) is 5. The van der Waals surface area contributed by atoms with E-state index < -0.39 is 0 Å². The van der Waals surface area contributed by atoms with Crippen LogP contribution < -0.4 is 10.2 Å². The molecular formula is C23H29ClN2O4. The molecule has 2 heterocycles. The Bertz CT molecular complexity index is 891. The maximum absolute atomic E-state index is 12.4. The smallest absolute Gasteiger partial charge is 0.227 e. The molecule has 0 bridgehead atoms. The molecule has 0 saturated carbocycles. The van der Waals surface area contributed by atoms with Crippen molar-refractivity contribution < 1.29 is 13.9 Å². The summed E-state index contributed by atoms with van der Waals surface area (Å²) in [5.74, 6) is 1.00. The fraction of sp³-hybridized carbons (Fsp3) is 0.478. The maximum Gasteiger partial charge on any atom is 0.227 e. The number of unbranched alkanes of at least 4 members (excludes halogenated alkanes) is 2. The minimum atomic E-state index is -0.215. The minimum absolute atomic E-state index is 0.168. The maximum atomic E-state index is 12.4. The molecule has 162 valence electrons. The number of hydrogen-bond donors (Lipinski definition) is 0. The van der Waals surface area contributed by atoms with E-state index in [2.05, 4.69) is 11.8 Å². The molecule has 0 radical (unpaired) electrons. The lowest BCUT2D eigenvalue weighted by atomic mass is 10.2. The molecule has 0 spiro atoms. The Morgan fingerprint density at radius 1 is 1.17 bits per heavy atom. The molecule has 1 aliphatic heterocycles. The van der Waals surface area contributed by atoms with E-state index in [1.807, 2.05) is 23.1 Å². The average molecular weight is 433 g/mol. The van der Waals surface area contributed by atoms with E-state index in [1.54, 1.807) is 6.07 Å². The molecule has 1 saturated heterocycles. The summed E-state index contributed by atoms with van der Waals surface area (Å²) in [4.78, 5) is 28.7. The van der Waals surface area contributed by atoms with Gasteiger partial charge in [0.25, 0.3) is 0 Å². The Morgan fingerprint density at radius 3 is 2.63 bits per heavy atom. The number of carbonyl (C=O) groups is 1. The quantitative estimate of drug-likeness (QED) is 0.558. The van der Waals surface area contributed by atoms with Crippen LogP contribution in [0.2, 0.25) is 5.02 Å². The molecule has 1 aromatic carbocycles.